The second-order valence-electron chi connectivity index (χ2n) is 9.05. The fourth-order valence-electron chi connectivity index (χ4n) is 4.82. The number of aromatic nitrogens is 2. The summed E-state index contributed by atoms with van der Waals surface area (Å²) in [6, 6.07) is 25.6. The molecular weight excluding hydrogens is 436 g/mol. The minimum atomic E-state index is -0.217. The van der Waals surface area contributed by atoms with E-state index in [1.54, 1.807) is 12.3 Å². The van der Waals surface area contributed by atoms with Crippen molar-refractivity contribution >= 4 is 11.6 Å². The van der Waals surface area contributed by atoms with Gasteiger partial charge in [0.25, 0.3) is 0 Å². The third-order valence-corrected chi connectivity index (χ3v) is 6.89. The Bertz CT molecular complexity index is 1280. The van der Waals surface area contributed by atoms with E-state index in [1.165, 1.54) is 0 Å². The quantitative estimate of drug-likeness (QED) is 0.389. The average Bonchev–Trinajstić information content (AvgIpc) is 3.39. The highest BCUT2D eigenvalue weighted by Gasteiger charge is 2.28. The fourth-order valence-corrected chi connectivity index (χ4v) is 4.82. The van der Waals surface area contributed by atoms with Crippen LogP contribution in [-0.4, -0.2) is 44.6 Å². The van der Waals surface area contributed by atoms with Crippen LogP contribution in [0.5, 0.6) is 5.75 Å². The average molecular weight is 467 g/mol. The summed E-state index contributed by atoms with van der Waals surface area (Å²) in [6.07, 6.45) is 5.60. The van der Waals surface area contributed by atoms with Crippen LogP contribution in [0.4, 0.5) is 5.69 Å². The van der Waals surface area contributed by atoms with Crippen molar-refractivity contribution in [2.45, 2.75) is 31.8 Å². The van der Waals surface area contributed by atoms with Crippen LogP contribution < -0.4 is 5.32 Å². The highest BCUT2D eigenvalue weighted by Crippen LogP contribution is 2.32. The predicted octanol–water partition coefficient (Wildman–Crippen LogP) is 5.59. The number of anilines is 1. The molecule has 2 N–H and O–H groups in total. The number of rotatable bonds is 6. The molecule has 35 heavy (non-hydrogen) atoms. The topological polar surface area (TPSA) is 70.4 Å². The maximum Gasteiger partial charge on any atom is 0.241 e. The van der Waals surface area contributed by atoms with Gasteiger partial charge < -0.3 is 15.0 Å². The number of carbonyl (C=O) groups excluding carboxylic acids is 1. The van der Waals surface area contributed by atoms with E-state index in [0.29, 0.717) is 0 Å². The molecule has 0 saturated carbocycles. The first-order valence-corrected chi connectivity index (χ1v) is 12.1. The monoisotopic (exact) mass is 466 g/mol. The second kappa shape index (κ2) is 10.2. The minimum absolute atomic E-state index is 0.00781. The molecule has 1 aromatic heterocycles. The minimum Gasteiger partial charge on any atom is -0.507 e. The largest absolute Gasteiger partial charge is 0.507 e. The zero-order chi connectivity index (χ0) is 24.2. The number of hydrogen-bond acceptors (Lipinski definition) is 4. The molecule has 6 nitrogen and oxygen atoms in total. The molecule has 178 valence electrons. The highest BCUT2D eigenvalue weighted by atomic mass is 16.3. The molecule has 1 saturated heterocycles. The number of phenols is 1. The third-order valence-electron chi connectivity index (χ3n) is 6.89. The third kappa shape index (κ3) is 4.98. The Balaban J connectivity index is 1.18. The Morgan fingerprint density at radius 2 is 1.60 bits per heavy atom. The molecule has 1 aliphatic heterocycles. The zero-order valence-corrected chi connectivity index (χ0v) is 19.8. The molecule has 0 radical (unpaired) electrons. The van der Waals surface area contributed by atoms with E-state index in [0.717, 1.165) is 54.1 Å². The summed E-state index contributed by atoms with van der Waals surface area (Å²) < 4.78 is 2.16. The Morgan fingerprint density at radius 3 is 2.31 bits per heavy atom. The van der Waals surface area contributed by atoms with Gasteiger partial charge in [0.15, 0.2) is 0 Å². The van der Waals surface area contributed by atoms with Gasteiger partial charge in [-0.1, -0.05) is 54.6 Å². The standard InChI is InChI=1S/C29H30N4O2/c1-21(29(35)31-24-13-11-23(12-14-24)22-7-3-2-4-8-22)32-18-15-25(16-19-32)33-20-17-30-28(33)26-9-5-6-10-27(26)34/h2-14,17,20-21,25,34H,15-16,18-19H2,1H3,(H,31,35). The lowest BCUT2D eigenvalue weighted by atomic mass is 10.0. The van der Waals surface area contributed by atoms with Crippen molar-refractivity contribution in [2.75, 3.05) is 18.4 Å². The van der Waals surface area contributed by atoms with E-state index < -0.39 is 0 Å². The van der Waals surface area contributed by atoms with Gasteiger partial charge in [-0.15, -0.1) is 0 Å². The van der Waals surface area contributed by atoms with Crippen LogP contribution in [0.1, 0.15) is 25.8 Å². The Labute approximate surface area is 205 Å². The SMILES string of the molecule is CC(C(=O)Nc1ccc(-c2ccccc2)cc1)N1CCC(n2ccnc2-c2ccccc2O)CC1. The molecule has 1 amide bonds. The summed E-state index contributed by atoms with van der Waals surface area (Å²) >= 11 is 0. The number of nitrogens with zero attached hydrogens (tertiary/aromatic N) is 3. The van der Waals surface area contributed by atoms with E-state index in [4.69, 9.17) is 0 Å². The highest BCUT2D eigenvalue weighted by molar-refractivity contribution is 5.94. The molecule has 5 rings (SSSR count). The number of imidazole rings is 1. The smallest absolute Gasteiger partial charge is 0.241 e. The number of hydrogen-bond donors (Lipinski definition) is 2. The summed E-state index contributed by atoms with van der Waals surface area (Å²) in [5, 5.41) is 13.3. The van der Waals surface area contributed by atoms with E-state index in [2.05, 4.69) is 31.9 Å². The summed E-state index contributed by atoms with van der Waals surface area (Å²) in [4.78, 5) is 19.7. The van der Waals surface area contributed by atoms with Crippen LogP contribution in [0.25, 0.3) is 22.5 Å². The summed E-state index contributed by atoms with van der Waals surface area (Å²) in [5.74, 6) is 1.03. The van der Waals surface area contributed by atoms with Crippen LogP contribution in [-0.2, 0) is 4.79 Å². The van der Waals surface area contributed by atoms with Crippen molar-refractivity contribution in [3.63, 3.8) is 0 Å². The van der Waals surface area contributed by atoms with Crippen molar-refractivity contribution in [1.82, 2.24) is 14.5 Å². The molecule has 1 unspecified atom stereocenters. The number of phenolic OH excluding ortho intramolecular Hbond substituents is 1. The molecule has 0 aliphatic carbocycles. The van der Waals surface area contributed by atoms with Gasteiger partial charge in [0.1, 0.15) is 11.6 Å². The Morgan fingerprint density at radius 1 is 0.943 bits per heavy atom. The fraction of sp³-hybridized carbons (Fsp3) is 0.241. The lowest BCUT2D eigenvalue weighted by Crippen LogP contribution is -2.46. The zero-order valence-electron chi connectivity index (χ0n) is 19.8. The Kier molecular flexibility index (Phi) is 6.64. The van der Waals surface area contributed by atoms with Gasteiger partial charge in [-0.05, 0) is 55.2 Å². The van der Waals surface area contributed by atoms with Gasteiger partial charge in [0.2, 0.25) is 5.91 Å². The van der Waals surface area contributed by atoms with Crippen LogP contribution in [0.3, 0.4) is 0 Å². The number of para-hydroxylation sites is 1. The maximum atomic E-state index is 13.0. The number of amides is 1. The van der Waals surface area contributed by atoms with E-state index >= 15 is 0 Å². The number of benzene rings is 3. The molecule has 0 bridgehead atoms. The molecule has 2 heterocycles. The Hall–Kier alpha value is -3.90. The molecule has 3 aromatic carbocycles. The number of carbonyl (C=O) groups is 1. The second-order valence-corrected chi connectivity index (χ2v) is 9.05. The number of likely N-dealkylation sites (tertiary alicyclic amines) is 1. The van der Waals surface area contributed by atoms with Crippen LogP contribution >= 0.6 is 0 Å². The van der Waals surface area contributed by atoms with Gasteiger partial charge in [0.05, 0.1) is 11.6 Å². The maximum absolute atomic E-state index is 13.0. The predicted molar refractivity (Wildman–Crippen MR) is 139 cm³/mol. The molecule has 1 atom stereocenters. The van der Waals surface area contributed by atoms with Crippen molar-refractivity contribution in [3.8, 4) is 28.3 Å². The van der Waals surface area contributed by atoms with Gasteiger partial charge >= 0.3 is 0 Å². The lowest BCUT2D eigenvalue weighted by molar-refractivity contribution is -0.121. The first-order chi connectivity index (χ1) is 17.1. The van der Waals surface area contributed by atoms with Crippen LogP contribution in [0, 0.1) is 0 Å². The van der Waals surface area contributed by atoms with Crippen molar-refractivity contribution < 1.29 is 9.90 Å². The van der Waals surface area contributed by atoms with E-state index in [9.17, 15) is 9.90 Å². The van der Waals surface area contributed by atoms with Crippen molar-refractivity contribution in [1.29, 1.82) is 0 Å². The van der Waals surface area contributed by atoms with Gasteiger partial charge in [-0.2, -0.15) is 0 Å². The van der Waals surface area contributed by atoms with Crippen LogP contribution in [0.15, 0.2) is 91.3 Å². The van der Waals surface area contributed by atoms with E-state index in [-0.39, 0.29) is 23.7 Å². The van der Waals surface area contributed by atoms with Crippen molar-refractivity contribution in [2.24, 2.45) is 0 Å². The molecule has 4 aromatic rings. The molecule has 1 aliphatic rings. The summed E-state index contributed by atoms with van der Waals surface area (Å²) in [5.41, 5.74) is 3.83. The summed E-state index contributed by atoms with van der Waals surface area (Å²) in [7, 11) is 0. The molecule has 1 fully saturated rings. The first-order valence-electron chi connectivity index (χ1n) is 12.1. The number of piperidine rings is 1. The number of nitrogens with one attached hydrogen (secondary N) is 1. The normalized spacial score (nSPS) is 15.6. The lowest BCUT2D eigenvalue weighted by Gasteiger charge is -2.36. The first kappa shape index (κ1) is 22.9. The summed E-state index contributed by atoms with van der Waals surface area (Å²) in [6.45, 7) is 3.62. The molecule has 0 spiro atoms. The van der Waals surface area contributed by atoms with Gasteiger partial charge in [0, 0.05) is 37.2 Å². The van der Waals surface area contributed by atoms with E-state index in [1.807, 2.05) is 73.8 Å². The van der Waals surface area contributed by atoms with Gasteiger partial charge in [-0.3, -0.25) is 9.69 Å². The van der Waals surface area contributed by atoms with Gasteiger partial charge in [-0.25, -0.2) is 4.98 Å². The van der Waals surface area contributed by atoms with Crippen molar-refractivity contribution in [3.05, 3.63) is 91.3 Å². The molecular formula is C29H30N4O2. The van der Waals surface area contributed by atoms with Crippen LogP contribution in [0.2, 0.25) is 0 Å². The number of aromatic hydroxyl groups is 1. The molecule has 6 heteroatoms.